The van der Waals surface area contributed by atoms with Crippen LogP contribution >= 0.6 is 0 Å². The SMILES string of the molecule is CCN(CCN(Cc1nc2ccccc2n1C)Cc1nc2ccccc2n1C)Cc1nc2ccccc2n1C. The van der Waals surface area contributed by atoms with Crippen LogP contribution in [0, 0.1) is 0 Å². The van der Waals surface area contributed by atoms with Crippen LogP contribution in [0.3, 0.4) is 0 Å². The maximum atomic E-state index is 4.98. The molecule has 6 rings (SSSR count). The van der Waals surface area contributed by atoms with Crippen molar-refractivity contribution in [2.75, 3.05) is 19.6 Å². The van der Waals surface area contributed by atoms with Gasteiger partial charge in [0.2, 0.25) is 0 Å². The van der Waals surface area contributed by atoms with Crippen molar-refractivity contribution < 1.29 is 0 Å². The third-order valence-electron chi connectivity index (χ3n) is 7.91. The Bertz CT molecular complexity index is 1660. The van der Waals surface area contributed by atoms with Crippen LogP contribution in [0.5, 0.6) is 0 Å². The van der Waals surface area contributed by atoms with E-state index in [1.165, 1.54) is 5.52 Å². The fourth-order valence-electron chi connectivity index (χ4n) is 5.46. The number of likely N-dealkylation sites (N-methyl/N-ethyl adjacent to an activating group) is 1. The van der Waals surface area contributed by atoms with E-state index in [1.807, 2.05) is 0 Å². The third kappa shape index (κ3) is 4.93. The Kier molecular flexibility index (Phi) is 6.89. The minimum absolute atomic E-state index is 0.748. The van der Waals surface area contributed by atoms with Gasteiger partial charge in [-0.05, 0) is 42.9 Å². The quantitative estimate of drug-likeness (QED) is 0.258. The van der Waals surface area contributed by atoms with Gasteiger partial charge in [-0.1, -0.05) is 43.3 Å². The largest absolute Gasteiger partial charge is 0.330 e. The van der Waals surface area contributed by atoms with E-state index in [1.54, 1.807) is 0 Å². The number of imidazole rings is 3. The van der Waals surface area contributed by atoms with Crippen LogP contribution in [0.25, 0.3) is 33.1 Å². The number of hydrogen-bond acceptors (Lipinski definition) is 5. The fraction of sp³-hybridized carbons (Fsp3) is 0.323. The molecule has 200 valence electrons. The second-order valence-corrected chi connectivity index (χ2v) is 10.3. The molecule has 6 aromatic rings. The zero-order valence-electron chi connectivity index (χ0n) is 23.2. The number of aryl methyl sites for hydroxylation is 3. The third-order valence-corrected chi connectivity index (χ3v) is 7.91. The minimum atomic E-state index is 0.748. The summed E-state index contributed by atoms with van der Waals surface area (Å²) < 4.78 is 6.65. The highest BCUT2D eigenvalue weighted by Gasteiger charge is 2.18. The zero-order valence-corrected chi connectivity index (χ0v) is 23.2. The molecular formula is C31H36N8. The molecule has 0 atom stereocenters. The first-order valence-corrected chi connectivity index (χ1v) is 13.7. The molecular weight excluding hydrogens is 484 g/mol. The fourth-order valence-corrected chi connectivity index (χ4v) is 5.46. The minimum Gasteiger partial charge on any atom is -0.330 e. The molecule has 0 radical (unpaired) electrons. The first kappa shape index (κ1) is 25.3. The van der Waals surface area contributed by atoms with Crippen LogP contribution in [-0.2, 0) is 40.8 Å². The molecule has 0 aliphatic carbocycles. The van der Waals surface area contributed by atoms with Gasteiger partial charge in [-0.3, -0.25) is 9.80 Å². The van der Waals surface area contributed by atoms with Gasteiger partial charge in [0.05, 0.1) is 52.7 Å². The van der Waals surface area contributed by atoms with Crippen molar-refractivity contribution in [1.29, 1.82) is 0 Å². The Balaban J connectivity index is 1.25. The monoisotopic (exact) mass is 520 g/mol. The Morgan fingerprint density at radius 3 is 1.21 bits per heavy atom. The summed E-state index contributed by atoms with van der Waals surface area (Å²) in [6.45, 7) is 7.31. The Hall–Kier alpha value is -4.01. The second kappa shape index (κ2) is 10.6. The van der Waals surface area contributed by atoms with E-state index in [4.69, 9.17) is 15.0 Å². The maximum absolute atomic E-state index is 4.98. The van der Waals surface area contributed by atoms with Crippen molar-refractivity contribution in [2.45, 2.75) is 26.6 Å². The molecule has 39 heavy (non-hydrogen) atoms. The highest BCUT2D eigenvalue weighted by molar-refractivity contribution is 5.77. The molecule has 3 aromatic heterocycles. The summed E-state index contributed by atoms with van der Waals surface area (Å²) in [4.78, 5) is 19.8. The summed E-state index contributed by atoms with van der Waals surface area (Å²) in [5.74, 6) is 3.22. The molecule has 0 saturated heterocycles. The van der Waals surface area contributed by atoms with Gasteiger partial charge >= 0.3 is 0 Å². The lowest BCUT2D eigenvalue weighted by molar-refractivity contribution is 0.182. The molecule has 3 heterocycles. The molecule has 0 unspecified atom stereocenters. The normalized spacial score (nSPS) is 12.2. The average molecular weight is 521 g/mol. The predicted octanol–water partition coefficient (Wildman–Crippen LogP) is 4.87. The van der Waals surface area contributed by atoms with Gasteiger partial charge in [-0.15, -0.1) is 0 Å². The zero-order chi connectivity index (χ0) is 26.9. The Morgan fingerprint density at radius 1 is 0.513 bits per heavy atom. The lowest BCUT2D eigenvalue weighted by atomic mass is 10.3. The van der Waals surface area contributed by atoms with Crippen LogP contribution in [-0.4, -0.2) is 58.1 Å². The number of para-hydroxylation sites is 6. The van der Waals surface area contributed by atoms with Crippen LogP contribution < -0.4 is 0 Å². The molecule has 0 fully saturated rings. The van der Waals surface area contributed by atoms with Crippen LogP contribution in [0.2, 0.25) is 0 Å². The van der Waals surface area contributed by atoms with E-state index in [2.05, 4.69) is 124 Å². The van der Waals surface area contributed by atoms with Crippen molar-refractivity contribution in [3.05, 3.63) is 90.3 Å². The van der Waals surface area contributed by atoms with Gasteiger partial charge in [0, 0.05) is 34.2 Å². The molecule has 0 aliphatic heterocycles. The highest BCUT2D eigenvalue weighted by Crippen LogP contribution is 2.20. The highest BCUT2D eigenvalue weighted by atomic mass is 15.2. The van der Waals surface area contributed by atoms with Crippen molar-refractivity contribution in [3.8, 4) is 0 Å². The molecule has 0 bridgehead atoms. The van der Waals surface area contributed by atoms with Crippen molar-refractivity contribution >= 4 is 33.1 Å². The van der Waals surface area contributed by atoms with E-state index in [9.17, 15) is 0 Å². The lowest BCUT2D eigenvalue weighted by Crippen LogP contribution is -2.36. The van der Waals surface area contributed by atoms with Crippen LogP contribution in [0.1, 0.15) is 24.4 Å². The topological polar surface area (TPSA) is 59.9 Å². The van der Waals surface area contributed by atoms with Crippen molar-refractivity contribution in [3.63, 3.8) is 0 Å². The smallest absolute Gasteiger partial charge is 0.123 e. The number of hydrogen-bond donors (Lipinski definition) is 0. The molecule has 0 N–H and O–H groups in total. The van der Waals surface area contributed by atoms with Gasteiger partial charge < -0.3 is 13.7 Å². The van der Waals surface area contributed by atoms with Crippen LogP contribution in [0.4, 0.5) is 0 Å². The van der Waals surface area contributed by atoms with E-state index in [0.717, 1.165) is 84.3 Å². The number of rotatable bonds is 10. The van der Waals surface area contributed by atoms with Gasteiger partial charge in [0.25, 0.3) is 0 Å². The summed E-state index contributed by atoms with van der Waals surface area (Å²) in [5.41, 5.74) is 6.62. The summed E-state index contributed by atoms with van der Waals surface area (Å²) >= 11 is 0. The molecule has 8 nitrogen and oxygen atoms in total. The van der Waals surface area contributed by atoms with Gasteiger partial charge in [-0.25, -0.2) is 15.0 Å². The summed E-state index contributed by atoms with van der Waals surface area (Å²) in [6.07, 6.45) is 0. The summed E-state index contributed by atoms with van der Waals surface area (Å²) in [7, 11) is 6.34. The van der Waals surface area contributed by atoms with Gasteiger partial charge in [0.15, 0.2) is 0 Å². The first-order chi connectivity index (χ1) is 19.0. The summed E-state index contributed by atoms with van der Waals surface area (Å²) in [5, 5.41) is 0. The molecule has 0 saturated carbocycles. The van der Waals surface area contributed by atoms with Crippen molar-refractivity contribution in [1.82, 2.24) is 38.5 Å². The van der Waals surface area contributed by atoms with Gasteiger partial charge in [-0.2, -0.15) is 0 Å². The first-order valence-electron chi connectivity index (χ1n) is 13.7. The number of fused-ring (bicyclic) bond motifs is 3. The molecule has 8 heteroatoms. The predicted molar refractivity (Wildman–Crippen MR) is 157 cm³/mol. The number of nitrogens with zero attached hydrogens (tertiary/aromatic N) is 8. The molecule has 0 spiro atoms. The summed E-state index contributed by atoms with van der Waals surface area (Å²) in [6, 6.07) is 25.1. The molecule has 0 aliphatic rings. The lowest BCUT2D eigenvalue weighted by Gasteiger charge is -2.26. The van der Waals surface area contributed by atoms with Crippen molar-refractivity contribution in [2.24, 2.45) is 21.1 Å². The Labute approximate surface area is 229 Å². The maximum Gasteiger partial charge on any atom is 0.123 e. The number of aromatic nitrogens is 6. The van der Waals surface area contributed by atoms with E-state index in [-0.39, 0.29) is 0 Å². The van der Waals surface area contributed by atoms with Crippen LogP contribution in [0.15, 0.2) is 72.8 Å². The van der Waals surface area contributed by atoms with E-state index < -0.39 is 0 Å². The number of benzene rings is 3. The standard InChI is InChI=1S/C31H36N8/c1-5-38(20-29-32-23-12-6-9-15-26(23)35(29)2)18-19-39(21-30-33-24-13-7-10-16-27(24)36(30)3)22-31-34-25-14-8-11-17-28(25)37(31)4/h6-17H,5,18-22H2,1-4H3. The molecule has 0 amide bonds. The molecule has 3 aromatic carbocycles. The van der Waals surface area contributed by atoms with E-state index in [0.29, 0.717) is 0 Å². The van der Waals surface area contributed by atoms with E-state index >= 15 is 0 Å². The Morgan fingerprint density at radius 2 is 0.846 bits per heavy atom. The second-order valence-electron chi connectivity index (χ2n) is 10.3. The van der Waals surface area contributed by atoms with Gasteiger partial charge in [0.1, 0.15) is 17.5 Å². The average Bonchev–Trinajstić information content (AvgIpc) is 3.57.